The van der Waals surface area contributed by atoms with E-state index in [9.17, 15) is 10.1 Å². The van der Waals surface area contributed by atoms with E-state index < -0.39 is 11.8 Å². The Bertz CT molecular complexity index is 889. The van der Waals surface area contributed by atoms with E-state index in [0.717, 1.165) is 5.56 Å². The van der Waals surface area contributed by atoms with Gasteiger partial charge in [-0.1, -0.05) is 41.9 Å². The molecule has 0 aromatic heterocycles. The number of aryl methyl sites for hydroxylation is 1. The Labute approximate surface area is 161 Å². The van der Waals surface area contributed by atoms with E-state index >= 15 is 0 Å². The molecule has 6 nitrogen and oxygen atoms in total. The van der Waals surface area contributed by atoms with Crippen molar-refractivity contribution in [3.05, 3.63) is 64.7 Å². The van der Waals surface area contributed by atoms with Crippen LogP contribution in [0.2, 0.25) is 5.02 Å². The normalized spacial score (nSPS) is 12.0. The maximum atomic E-state index is 12.8. The largest absolute Gasteiger partial charge is 0.375 e. The molecule has 1 atom stereocenters. The fourth-order valence-corrected chi connectivity index (χ4v) is 2.38. The average Bonchev–Trinajstić information content (AvgIpc) is 2.61. The van der Waals surface area contributed by atoms with Gasteiger partial charge in [0.25, 0.3) is 5.91 Å². The Morgan fingerprint density at radius 3 is 2.50 bits per heavy atom. The van der Waals surface area contributed by atoms with Crippen molar-refractivity contribution < 1.29 is 4.79 Å². The molecule has 0 saturated carbocycles. The van der Waals surface area contributed by atoms with Gasteiger partial charge in [-0.05, 0) is 48.5 Å². The summed E-state index contributed by atoms with van der Waals surface area (Å²) in [6.45, 7) is 1.86. The number of para-hydroxylation sites is 1. The molecule has 8 heteroatoms. The summed E-state index contributed by atoms with van der Waals surface area (Å²) in [4.78, 5) is 12.8. The van der Waals surface area contributed by atoms with E-state index in [1.54, 1.807) is 36.4 Å². The molecule has 2 aromatic rings. The smallest absolute Gasteiger partial charge is 0.273 e. The summed E-state index contributed by atoms with van der Waals surface area (Å²) in [6.07, 6.45) is 0. The molecule has 0 unspecified atom stereocenters. The van der Waals surface area contributed by atoms with Crippen molar-refractivity contribution in [2.24, 2.45) is 10.8 Å². The first-order valence-electron chi connectivity index (χ1n) is 7.57. The van der Waals surface area contributed by atoms with Crippen LogP contribution >= 0.6 is 23.8 Å². The molecule has 0 spiro atoms. The molecular formula is C18H16ClN5OS. The quantitative estimate of drug-likeness (QED) is 0.417. The van der Waals surface area contributed by atoms with E-state index in [4.69, 9.17) is 29.6 Å². The zero-order valence-electron chi connectivity index (χ0n) is 13.9. The molecule has 26 heavy (non-hydrogen) atoms. The molecule has 132 valence electrons. The number of hydrogen-bond acceptors (Lipinski definition) is 4. The van der Waals surface area contributed by atoms with Gasteiger partial charge in [-0.15, -0.1) is 0 Å². The SMILES string of the molecule is Cc1ccccc1NC(=O)/C(=N\NC(N)=S)[C@H](C#N)c1ccc(Cl)cc1. The van der Waals surface area contributed by atoms with E-state index in [-0.39, 0.29) is 10.8 Å². The molecule has 0 aliphatic heterocycles. The number of halogens is 1. The summed E-state index contributed by atoms with van der Waals surface area (Å²) in [6, 6.07) is 16.0. The number of anilines is 1. The van der Waals surface area contributed by atoms with Crippen LogP contribution in [-0.4, -0.2) is 16.7 Å². The Balaban J connectivity index is 2.38. The topological polar surface area (TPSA) is 103 Å². The first-order chi connectivity index (χ1) is 12.4. The lowest BCUT2D eigenvalue weighted by atomic mass is 9.95. The van der Waals surface area contributed by atoms with E-state index in [1.807, 2.05) is 19.1 Å². The van der Waals surface area contributed by atoms with Crippen LogP contribution in [0.5, 0.6) is 0 Å². The van der Waals surface area contributed by atoms with Crippen molar-refractivity contribution in [3.8, 4) is 6.07 Å². The molecule has 0 bridgehead atoms. The van der Waals surface area contributed by atoms with Crippen LogP contribution in [0, 0.1) is 18.3 Å². The van der Waals surface area contributed by atoms with Gasteiger partial charge in [-0.25, -0.2) is 0 Å². The number of hydrogen-bond donors (Lipinski definition) is 3. The number of hydrazone groups is 1. The van der Waals surface area contributed by atoms with Gasteiger partial charge in [0.15, 0.2) is 5.11 Å². The lowest BCUT2D eigenvalue weighted by Crippen LogP contribution is -2.33. The van der Waals surface area contributed by atoms with Gasteiger partial charge in [0.05, 0.1) is 6.07 Å². The molecule has 0 radical (unpaired) electrons. The second-order valence-corrected chi connectivity index (χ2v) is 6.23. The van der Waals surface area contributed by atoms with Gasteiger partial charge >= 0.3 is 0 Å². The summed E-state index contributed by atoms with van der Waals surface area (Å²) in [5.74, 6) is -1.47. The van der Waals surface area contributed by atoms with Crippen molar-refractivity contribution in [2.45, 2.75) is 12.8 Å². The van der Waals surface area contributed by atoms with Gasteiger partial charge < -0.3 is 11.1 Å². The highest BCUT2D eigenvalue weighted by Crippen LogP contribution is 2.21. The van der Waals surface area contributed by atoms with Crippen LogP contribution in [0.25, 0.3) is 0 Å². The minimum atomic E-state index is -0.932. The summed E-state index contributed by atoms with van der Waals surface area (Å²) >= 11 is 10.6. The van der Waals surface area contributed by atoms with Gasteiger partial charge in [-0.3, -0.25) is 10.2 Å². The van der Waals surface area contributed by atoms with Crippen molar-refractivity contribution in [2.75, 3.05) is 5.32 Å². The first kappa shape index (κ1) is 19.4. The number of carbonyl (C=O) groups excluding carboxylic acids is 1. The van der Waals surface area contributed by atoms with Crippen molar-refractivity contribution in [1.29, 1.82) is 5.26 Å². The summed E-state index contributed by atoms with van der Waals surface area (Å²) in [5.41, 5.74) is 9.78. The number of rotatable bonds is 5. The zero-order chi connectivity index (χ0) is 19.1. The first-order valence-corrected chi connectivity index (χ1v) is 8.36. The third-order valence-corrected chi connectivity index (χ3v) is 3.86. The van der Waals surface area contributed by atoms with Crippen LogP contribution < -0.4 is 16.5 Å². The predicted molar refractivity (Wildman–Crippen MR) is 107 cm³/mol. The fraction of sp³-hybridized carbons (Fsp3) is 0.111. The Morgan fingerprint density at radius 2 is 1.92 bits per heavy atom. The van der Waals surface area contributed by atoms with Crippen LogP contribution in [0.3, 0.4) is 0 Å². The second kappa shape index (κ2) is 8.94. The Kier molecular flexibility index (Phi) is 6.67. The molecule has 0 heterocycles. The monoisotopic (exact) mass is 385 g/mol. The van der Waals surface area contributed by atoms with Crippen molar-refractivity contribution in [3.63, 3.8) is 0 Å². The highest BCUT2D eigenvalue weighted by atomic mass is 35.5. The number of nitriles is 1. The summed E-state index contributed by atoms with van der Waals surface area (Å²) in [7, 11) is 0. The van der Waals surface area contributed by atoms with Crippen molar-refractivity contribution in [1.82, 2.24) is 5.43 Å². The lowest BCUT2D eigenvalue weighted by Gasteiger charge is -2.14. The van der Waals surface area contributed by atoms with Crippen molar-refractivity contribution >= 4 is 46.2 Å². The van der Waals surface area contributed by atoms with Gasteiger partial charge in [-0.2, -0.15) is 10.4 Å². The van der Waals surface area contributed by atoms with Gasteiger partial charge in [0, 0.05) is 10.7 Å². The highest BCUT2D eigenvalue weighted by molar-refractivity contribution is 7.80. The number of amides is 1. The lowest BCUT2D eigenvalue weighted by molar-refractivity contribution is -0.110. The molecule has 0 aliphatic rings. The molecule has 0 fully saturated rings. The minimum absolute atomic E-state index is 0.0640. The third kappa shape index (κ3) is 5.02. The molecule has 0 aliphatic carbocycles. The fourth-order valence-electron chi connectivity index (χ4n) is 2.21. The van der Waals surface area contributed by atoms with E-state index in [1.165, 1.54) is 0 Å². The molecular weight excluding hydrogens is 370 g/mol. The zero-order valence-corrected chi connectivity index (χ0v) is 15.4. The molecule has 4 N–H and O–H groups in total. The number of nitrogens with zero attached hydrogens (tertiary/aromatic N) is 2. The van der Waals surface area contributed by atoms with Crippen LogP contribution in [0.15, 0.2) is 53.6 Å². The Morgan fingerprint density at radius 1 is 1.27 bits per heavy atom. The van der Waals surface area contributed by atoms with Crippen LogP contribution in [-0.2, 0) is 4.79 Å². The Hall–Kier alpha value is -2.95. The van der Waals surface area contributed by atoms with Crippen LogP contribution in [0.1, 0.15) is 17.0 Å². The summed E-state index contributed by atoms with van der Waals surface area (Å²) in [5, 5.41) is 16.7. The third-order valence-electron chi connectivity index (χ3n) is 3.52. The maximum absolute atomic E-state index is 12.8. The van der Waals surface area contributed by atoms with Crippen LogP contribution in [0.4, 0.5) is 5.69 Å². The van der Waals surface area contributed by atoms with Gasteiger partial charge in [0.1, 0.15) is 11.6 Å². The highest BCUT2D eigenvalue weighted by Gasteiger charge is 2.25. The number of nitrogens with two attached hydrogens (primary N) is 1. The molecule has 1 amide bonds. The second-order valence-electron chi connectivity index (χ2n) is 5.36. The van der Waals surface area contributed by atoms with E-state index in [0.29, 0.717) is 16.3 Å². The minimum Gasteiger partial charge on any atom is -0.375 e. The standard InChI is InChI=1S/C18H16ClN5OS/c1-11-4-2-3-5-15(11)22-17(25)16(23-24-18(21)26)14(10-20)12-6-8-13(19)9-7-12/h2-9,14H,1H3,(H,22,25)(H3,21,24,26)/b23-16-/t14-/m1/s1. The van der Waals surface area contributed by atoms with Gasteiger partial charge in [0.2, 0.25) is 0 Å². The number of benzene rings is 2. The number of thiocarbonyl (C=S) groups is 1. The maximum Gasteiger partial charge on any atom is 0.273 e. The van der Waals surface area contributed by atoms with E-state index in [2.05, 4.69) is 21.9 Å². The number of carbonyl (C=O) groups is 1. The molecule has 0 saturated heterocycles. The number of nitrogens with one attached hydrogen (secondary N) is 2. The average molecular weight is 386 g/mol. The molecule has 2 aromatic carbocycles. The predicted octanol–water partition coefficient (Wildman–Crippen LogP) is 3.08. The summed E-state index contributed by atoms with van der Waals surface area (Å²) < 4.78 is 0. The molecule has 2 rings (SSSR count).